The molecule has 0 radical (unpaired) electrons. The number of benzene rings is 1. The molecular formula is C20H28F2O5. The van der Waals surface area contributed by atoms with Crippen molar-refractivity contribution in [3.8, 4) is 5.75 Å². The van der Waals surface area contributed by atoms with E-state index < -0.39 is 12.9 Å². The normalized spacial score (nSPS) is 29.0. The number of hydrogen-bond donors (Lipinski definition) is 0. The van der Waals surface area contributed by atoms with Crippen molar-refractivity contribution in [2.75, 3.05) is 26.4 Å². The van der Waals surface area contributed by atoms with Crippen LogP contribution in [0.4, 0.5) is 8.78 Å². The van der Waals surface area contributed by atoms with E-state index in [9.17, 15) is 8.78 Å². The van der Waals surface area contributed by atoms with Crippen LogP contribution in [0.15, 0.2) is 24.3 Å². The molecule has 2 aliphatic heterocycles. The van der Waals surface area contributed by atoms with Gasteiger partial charge in [0, 0.05) is 17.4 Å². The van der Waals surface area contributed by atoms with Crippen LogP contribution < -0.4 is 4.74 Å². The summed E-state index contributed by atoms with van der Waals surface area (Å²) in [5.74, 6) is 0.935. The van der Waals surface area contributed by atoms with Crippen LogP contribution in [0.1, 0.15) is 44.5 Å². The van der Waals surface area contributed by atoms with Crippen LogP contribution in [0.3, 0.4) is 0 Å². The van der Waals surface area contributed by atoms with Gasteiger partial charge in [0.05, 0.1) is 26.4 Å². The first-order valence-corrected chi connectivity index (χ1v) is 9.65. The molecule has 1 aromatic carbocycles. The van der Waals surface area contributed by atoms with E-state index >= 15 is 0 Å². The maximum atomic E-state index is 12.2. The fourth-order valence-corrected chi connectivity index (χ4v) is 3.41. The Bertz CT molecular complexity index is 538. The van der Waals surface area contributed by atoms with Crippen molar-refractivity contribution >= 4 is 0 Å². The summed E-state index contributed by atoms with van der Waals surface area (Å²) >= 11 is 0. The van der Waals surface area contributed by atoms with Crippen LogP contribution in [0.25, 0.3) is 0 Å². The van der Waals surface area contributed by atoms with Crippen molar-refractivity contribution in [1.82, 2.24) is 0 Å². The molecule has 0 N–H and O–H groups in total. The van der Waals surface area contributed by atoms with Crippen molar-refractivity contribution < 1.29 is 32.5 Å². The molecular weight excluding hydrogens is 358 g/mol. The molecule has 27 heavy (non-hydrogen) atoms. The van der Waals surface area contributed by atoms with E-state index in [1.54, 1.807) is 12.1 Å². The van der Waals surface area contributed by atoms with E-state index in [1.165, 1.54) is 12.1 Å². The zero-order chi connectivity index (χ0) is 19.1. The molecule has 7 heteroatoms. The van der Waals surface area contributed by atoms with Crippen LogP contribution in [0.5, 0.6) is 5.75 Å². The third kappa shape index (κ3) is 6.38. The Morgan fingerprint density at radius 3 is 2.07 bits per heavy atom. The maximum Gasteiger partial charge on any atom is 0.387 e. The molecule has 2 aliphatic rings. The number of rotatable bonds is 8. The van der Waals surface area contributed by atoms with Gasteiger partial charge in [0.25, 0.3) is 0 Å². The van der Waals surface area contributed by atoms with Crippen molar-refractivity contribution in [3.05, 3.63) is 29.8 Å². The molecule has 1 aromatic rings. The molecule has 0 bridgehead atoms. The molecule has 152 valence electrons. The minimum Gasteiger partial charge on any atom is -0.435 e. The SMILES string of the molecule is CCCC1COC(CCC2COC(c3ccc(OC(F)F)cc3)OC2)OC1. The minimum absolute atomic E-state index is 0.121. The number of hydrogen-bond acceptors (Lipinski definition) is 5. The Labute approximate surface area is 158 Å². The zero-order valence-corrected chi connectivity index (χ0v) is 15.7. The third-order valence-corrected chi connectivity index (χ3v) is 4.89. The average molecular weight is 386 g/mol. The molecule has 2 fully saturated rings. The molecule has 5 nitrogen and oxygen atoms in total. The number of alkyl halides is 2. The highest BCUT2D eigenvalue weighted by atomic mass is 19.3. The highest BCUT2D eigenvalue weighted by Gasteiger charge is 2.26. The lowest BCUT2D eigenvalue weighted by atomic mass is 10.0. The quantitative estimate of drug-likeness (QED) is 0.657. The van der Waals surface area contributed by atoms with Gasteiger partial charge in [-0.05, 0) is 31.4 Å². The van der Waals surface area contributed by atoms with Crippen LogP contribution in [0, 0.1) is 11.8 Å². The zero-order valence-electron chi connectivity index (χ0n) is 15.7. The van der Waals surface area contributed by atoms with Crippen molar-refractivity contribution in [3.63, 3.8) is 0 Å². The lowest BCUT2D eigenvalue weighted by Crippen LogP contribution is -2.33. The maximum absolute atomic E-state index is 12.2. The molecule has 0 atom stereocenters. The monoisotopic (exact) mass is 386 g/mol. The number of ether oxygens (including phenoxy) is 5. The van der Waals surface area contributed by atoms with Gasteiger partial charge in [-0.3, -0.25) is 0 Å². The second-order valence-corrected chi connectivity index (χ2v) is 7.14. The van der Waals surface area contributed by atoms with E-state index in [1.807, 2.05) is 0 Å². The predicted octanol–water partition coefficient (Wildman–Crippen LogP) is 4.52. The van der Waals surface area contributed by atoms with Gasteiger partial charge >= 0.3 is 6.61 Å². The first kappa shape index (κ1) is 20.5. The molecule has 2 heterocycles. The minimum atomic E-state index is -2.83. The van der Waals surface area contributed by atoms with Crippen molar-refractivity contribution in [2.24, 2.45) is 11.8 Å². The Morgan fingerprint density at radius 1 is 0.889 bits per heavy atom. The van der Waals surface area contributed by atoms with Gasteiger partial charge < -0.3 is 23.7 Å². The summed E-state index contributed by atoms with van der Waals surface area (Å²) in [5, 5.41) is 0. The van der Waals surface area contributed by atoms with E-state index in [2.05, 4.69) is 11.7 Å². The average Bonchev–Trinajstić information content (AvgIpc) is 2.68. The predicted molar refractivity (Wildman–Crippen MR) is 94.5 cm³/mol. The summed E-state index contributed by atoms with van der Waals surface area (Å²) in [6.45, 7) is 2.09. The Morgan fingerprint density at radius 2 is 1.48 bits per heavy atom. The van der Waals surface area contributed by atoms with E-state index in [4.69, 9.17) is 18.9 Å². The molecule has 3 rings (SSSR count). The van der Waals surface area contributed by atoms with Crippen molar-refractivity contribution in [2.45, 2.75) is 51.8 Å². The van der Waals surface area contributed by atoms with Crippen LogP contribution >= 0.6 is 0 Å². The van der Waals surface area contributed by atoms with Gasteiger partial charge in [0.15, 0.2) is 12.6 Å². The molecule has 2 saturated heterocycles. The third-order valence-electron chi connectivity index (χ3n) is 4.89. The lowest BCUT2D eigenvalue weighted by molar-refractivity contribution is -0.220. The molecule has 0 aromatic heterocycles. The Hall–Kier alpha value is -1.28. The van der Waals surface area contributed by atoms with Gasteiger partial charge in [-0.25, -0.2) is 0 Å². The largest absolute Gasteiger partial charge is 0.435 e. The molecule has 0 spiro atoms. The van der Waals surface area contributed by atoms with Gasteiger partial charge in [-0.1, -0.05) is 25.5 Å². The fourth-order valence-electron chi connectivity index (χ4n) is 3.41. The smallest absolute Gasteiger partial charge is 0.387 e. The van der Waals surface area contributed by atoms with Gasteiger partial charge in [0.1, 0.15) is 5.75 Å². The second kappa shape index (κ2) is 10.3. The fraction of sp³-hybridized carbons (Fsp3) is 0.700. The molecule has 0 unspecified atom stereocenters. The highest BCUT2D eigenvalue weighted by molar-refractivity contribution is 5.28. The van der Waals surface area contributed by atoms with Gasteiger partial charge in [-0.2, -0.15) is 8.78 Å². The first-order chi connectivity index (χ1) is 13.1. The highest BCUT2D eigenvalue weighted by Crippen LogP contribution is 2.29. The van der Waals surface area contributed by atoms with E-state index in [-0.39, 0.29) is 12.0 Å². The summed E-state index contributed by atoms with van der Waals surface area (Å²) in [4.78, 5) is 0. The van der Waals surface area contributed by atoms with Crippen LogP contribution in [-0.4, -0.2) is 39.3 Å². The van der Waals surface area contributed by atoms with Crippen LogP contribution in [-0.2, 0) is 18.9 Å². The van der Waals surface area contributed by atoms with E-state index in [0.717, 1.165) is 44.5 Å². The summed E-state index contributed by atoms with van der Waals surface area (Å²) in [6.07, 6.45) is 3.45. The van der Waals surface area contributed by atoms with Crippen molar-refractivity contribution in [1.29, 1.82) is 0 Å². The molecule has 0 amide bonds. The summed E-state index contributed by atoms with van der Waals surface area (Å²) in [7, 11) is 0. The van der Waals surface area contributed by atoms with E-state index in [0.29, 0.717) is 25.0 Å². The second-order valence-electron chi connectivity index (χ2n) is 7.14. The van der Waals surface area contributed by atoms with Crippen LogP contribution in [0.2, 0.25) is 0 Å². The number of halogens is 2. The lowest BCUT2D eigenvalue weighted by Gasteiger charge is -2.32. The summed E-state index contributed by atoms with van der Waals surface area (Å²) in [6, 6.07) is 6.34. The Balaban J connectivity index is 1.35. The molecule has 0 aliphatic carbocycles. The molecule has 0 saturated carbocycles. The summed E-state index contributed by atoms with van der Waals surface area (Å²) in [5.41, 5.74) is 0.788. The topological polar surface area (TPSA) is 46.2 Å². The Kier molecular flexibility index (Phi) is 7.81. The summed E-state index contributed by atoms with van der Waals surface area (Å²) < 4.78 is 51.9. The first-order valence-electron chi connectivity index (χ1n) is 9.65. The standard InChI is InChI=1S/C20H28F2O5/c1-2-3-14-10-23-18(24-11-14)9-4-15-12-25-19(26-13-15)16-5-7-17(8-6-16)27-20(21)22/h5-8,14-15,18-20H,2-4,9-13H2,1H3. The van der Waals surface area contributed by atoms with Gasteiger partial charge in [-0.15, -0.1) is 0 Å². The van der Waals surface area contributed by atoms with Gasteiger partial charge in [0.2, 0.25) is 0 Å².